The lowest BCUT2D eigenvalue weighted by Gasteiger charge is -1.98. The Morgan fingerprint density at radius 1 is 0.704 bits per heavy atom. The van der Waals surface area contributed by atoms with Crippen molar-refractivity contribution >= 4 is 15.9 Å². The van der Waals surface area contributed by atoms with Gasteiger partial charge >= 0.3 is 0 Å². The van der Waals surface area contributed by atoms with Gasteiger partial charge in [-0.1, -0.05) is 17.0 Å². The second-order valence-electron chi connectivity index (χ2n) is 4.75. The summed E-state index contributed by atoms with van der Waals surface area (Å²) in [5.41, 5.74) is 1.09. The smallest absolute Gasteiger partial charge is 0.270 e. The third-order valence-electron chi connectivity index (χ3n) is 2.87. The fourth-order valence-electron chi connectivity index (χ4n) is 1.71. The highest BCUT2D eigenvalue weighted by Gasteiger charge is 2.08. The third kappa shape index (κ3) is 7.53. The SMILES string of the molecule is Brc1ccccn1.[O-][n+]1ccccn1.[O-][n+]1ncccc1-c1ccccn1. The Morgan fingerprint density at radius 3 is 1.85 bits per heavy atom. The summed E-state index contributed by atoms with van der Waals surface area (Å²) in [4.78, 5) is 9.00. The van der Waals surface area contributed by atoms with Crippen molar-refractivity contribution in [1.82, 2.24) is 20.2 Å². The van der Waals surface area contributed by atoms with Crippen molar-refractivity contribution in [1.29, 1.82) is 0 Å². The van der Waals surface area contributed by atoms with Gasteiger partial charge < -0.3 is 10.4 Å². The van der Waals surface area contributed by atoms with E-state index in [2.05, 4.69) is 36.1 Å². The maximum absolute atomic E-state index is 11.2. The molecule has 27 heavy (non-hydrogen) atoms. The van der Waals surface area contributed by atoms with Crippen molar-refractivity contribution in [2.24, 2.45) is 0 Å². The minimum absolute atomic E-state index is 0.461. The van der Waals surface area contributed by atoms with Gasteiger partial charge in [-0.15, -0.1) is 0 Å². The summed E-state index contributed by atoms with van der Waals surface area (Å²) in [6.45, 7) is 0. The zero-order chi connectivity index (χ0) is 19.3. The summed E-state index contributed by atoms with van der Waals surface area (Å²) in [6.07, 6.45) is 7.60. The second kappa shape index (κ2) is 11.2. The molecule has 0 unspecified atom stereocenters. The molecule has 0 aliphatic heterocycles. The van der Waals surface area contributed by atoms with Gasteiger partial charge in [0.25, 0.3) is 5.69 Å². The molecule has 4 heterocycles. The standard InChI is InChI=1S/C9H7N3O.C5H4BrN.C4H4N2O/c13-12-9(5-3-7-11-12)8-4-1-2-6-10-8;6-5-3-1-2-4-7-5;7-6-4-2-1-3-5-6/h1-7H;2*1-4H. The Bertz CT molecular complexity index is 877. The van der Waals surface area contributed by atoms with E-state index in [-0.39, 0.29) is 0 Å². The molecule has 0 saturated heterocycles. The molecule has 0 N–H and O–H groups in total. The van der Waals surface area contributed by atoms with Crippen molar-refractivity contribution in [3.63, 3.8) is 0 Å². The first kappa shape index (κ1) is 19.9. The first-order valence-corrected chi connectivity index (χ1v) is 8.49. The number of aromatic nitrogens is 6. The van der Waals surface area contributed by atoms with Crippen LogP contribution in [-0.2, 0) is 0 Å². The minimum atomic E-state index is 0.461. The van der Waals surface area contributed by atoms with E-state index in [0.29, 0.717) is 21.1 Å². The van der Waals surface area contributed by atoms with E-state index in [4.69, 9.17) is 0 Å². The van der Waals surface area contributed by atoms with Crippen LogP contribution in [0.3, 0.4) is 0 Å². The van der Waals surface area contributed by atoms with E-state index < -0.39 is 0 Å². The van der Waals surface area contributed by atoms with E-state index in [9.17, 15) is 10.4 Å². The summed E-state index contributed by atoms with van der Waals surface area (Å²) >= 11 is 3.20. The van der Waals surface area contributed by atoms with Gasteiger partial charge in [-0.25, -0.2) is 9.97 Å². The van der Waals surface area contributed by atoms with Crippen molar-refractivity contribution in [2.45, 2.75) is 0 Å². The van der Waals surface area contributed by atoms with E-state index in [1.54, 1.807) is 48.8 Å². The predicted octanol–water partition coefficient (Wildman–Crippen LogP) is 2.34. The zero-order valence-corrected chi connectivity index (χ0v) is 15.6. The molecule has 0 aliphatic rings. The maximum Gasteiger partial charge on any atom is 0.270 e. The van der Waals surface area contributed by atoms with Crippen LogP contribution in [0.1, 0.15) is 0 Å². The molecule has 0 atom stereocenters. The number of hydrogen-bond acceptors (Lipinski definition) is 6. The van der Waals surface area contributed by atoms with Crippen LogP contribution in [0.2, 0.25) is 0 Å². The average molecular weight is 427 g/mol. The first-order valence-electron chi connectivity index (χ1n) is 7.70. The Kier molecular flexibility index (Phi) is 8.25. The summed E-state index contributed by atoms with van der Waals surface area (Å²) in [5.74, 6) is 0. The highest BCUT2D eigenvalue weighted by molar-refractivity contribution is 9.10. The van der Waals surface area contributed by atoms with Gasteiger partial charge in [0.15, 0.2) is 0 Å². The van der Waals surface area contributed by atoms with Gasteiger partial charge in [0.05, 0.1) is 12.4 Å². The van der Waals surface area contributed by atoms with Crippen LogP contribution >= 0.6 is 15.9 Å². The molecule has 0 bridgehead atoms. The molecule has 9 heteroatoms. The fraction of sp³-hybridized carbons (Fsp3) is 0. The molecule has 0 aromatic carbocycles. The van der Waals surface area contributed by atoms with Crippen LogP contribution in [0.5, 0.6) is 0 Å². The normalized spacial score (nSPS) is 9.22. The van der Waals surface area contributed by atoms with Crippen molar-refractivity contribution < 1.29 is 9.69 Å². The van der Waals surface area contributed by atoms with Crippen LogP contribution in [0, 0.1) is 10.4 Å². The number of rotatable bonds is 1. The summed E-state index contributed by atoms with van der Waals surface area (Å²) in [5, 5.41) is 28.2. The van der Waals surface area contributed by atoms with Gasteiger partial charge in [-0.05, 0) is 57.2 Å². The molecule has 0 saturated carbocycles. The Labute approximate surface area is 164 Å². The van der Waals surface area contributed by atoms with Crippen LogP contribution < -0.4 is 9.69 Å². The van der Waals surface area contributed by atoms with Crippen molar-refractivity contribution in [3.05, 3.63) is 107 Å². The second-order valence-corrected chi connectivity index (χ2v) is 5.56. The molecule has 0 aliphatic carbocycles. The van der Waals surface area contributed by atoms with Crippen molar-refractivity contribution in [3.8, 4) is 11.4 Å². The molecule has 4 rings (SSSR count). The van der Waals surface area contributed by atoms with Gasteiger partial charge in [0, 0.05) is 34.7 Å². The lowest BCUT2D eigenvalue weighted by Crippen LogP contribution is -2.33. The highest BCUT2D eigenvalue weighted by atomic mass is 79.9. The molecule has 4 aromatic rings. The molecule has 0 fully saturated rings. The van der Waals surface area contributed by atoms with Crippen LogP contribution in [0.25, 0.3) is 11.4 Å². The van der Waals surface area contributed by atoms with E-state index in [1.165, 1.54) is 18.6 Å². The van der Waals surface area contributed by atoms with Crippen LogP contribution in [-0.4, -0.2) is 20.2 Å². The predicted molar refractivity (Wildman–Crippen MR) is 102 cm³/mol. The zero-order valence-electron chi connectivity index (χ0n) is 14.0. The molecular weight excluding hydrogens is 412 g/mol. The largest absolute Gasteiger partial charge is 0.594 e. The average Bonchev–Trinajstić information content (AvgIpc) is 2.71. The molecule has 0 spiro atoms. The topological polar surface area (TPSA) is 105 Å². The van der Waals surface area contributed by atoms with Gasteiger partial charge in [0.1, 0.15) is 10.3 Å². The van der Waals surface area contributed by atoms with Crippen LogP contribution in [0.4, 0.5) is 0 Å². The first-order chi connectivity index (χ1) is 13.2. The third-order valence-corrected chi connectivity index (χ3v) is 3.33. The molecule has 136 valence electrons. The monoisotopic (exact) mass is 426 g/mol. The minimum Gasteiger partial charge on any atom is -0.594 e. The van der Waals surface area contributed by atoms with Crippen LogP contribution in [0.15, 0.2) is 96.3 Å². The van der Waals surface area contributed by atoms with Crippen molar-refractivity contribution in [2.75, 3.05) is 0 Å². The summed E-state index contributed by atoms with van der Waals surface area (Å²) in [7, 11) is 0. The number of halogens is 1. The Hall–Kier alpha value is -3.46. The lowest BCUT2D eigenvalue weighted by atomic mass is 10.2. The van der Waals surface area contributed by atoms with Gasteiger partial charge in [-0.2, -0.15) is 0 Å². The van der Waals surface area contributed by atoms with E-state index in [0.717, 1.165) is 4.60 Å². The molecular formula is C18H15BrN6O2. The quantitative estimate of drug-likeness (QED) is 0.262. The highest BCUT2D eigenvalue weighted by Crippen LogP contribution is 2.08. The molecule has 4 aromatic heterocycles. The molecule has 8 nitrogen and oxygen atoms in total. The summed E-state index contributed by atoms with van der Waals surface area (Å²) in [6, 6.07) is 17.8. The number of hydrogen-bond donors (Lipinski definition) is 0. The maximum atomic E-state index is 11.2. The van der Waals surface area contributed by atoms with Gasteiger partial charge in [0.2, 0.25) is 6.20 Å². The Balaban J connectivity index is 0.000000159. The van der Waals surface area contributed by atoms with Gasteiger partial charge in [-0.3, -0.25) is 0 Å². The van der Waals surface area contributed by atoms with E-state index in [1.807, 2.05) is 24.3 Å². The number of pyridine rings is 2. The molecule has 0 amide bonds. The Morgan fingerprint density at radius 2 is 1.41 bits per heavy atom. The fourth-order valence-corrected chi connectivity index (χ4v) is 1.99. The summed E-state index contributed by atoms with van der Waals surface area (Å²) < 4.78 is 0.884. The van der Waals surface area contributed by atoms with E-state index >= 15 is 0 Å². The molecule has 0 radical (unpaired) electrons. The lowest BCUT2D eigenvalue weighted by molar-refractivity contribution is -0.669. The number of nitrogens with zero attached hydrogens (tertiary/aromatic N) is 6.